The van der Waals surface area contributed by atoms with E-state index in [9.17, 15) is 12.8 Å². The second-order valence-electron chi connectivity index (χ2n) is 3.06. The normalized spacial score (nSPS) is 10.9. The molecule has 0 aromatic heterocycles. The molecule has 1 aromatic rings. The molecule has 0 radical (unpaired) electrons. The summed E-state index contributed by atoms with van der Waals surface area (Å²) in [4.78, 5) is 0. The minimum atomic E-state index is -3.40. The van der Waals surface area contributed by atoms with E-state index in [1.54, 1.807) is 0 Å². The van der Waals surface area contributed by atoms with Crippen molar-refractivity contribution in [2.75, 3.05) is 16.3 Å². The third-order valence-electron chi connectivity index (χ3n) is 1.53. The summed E-state index contributed by atoms with van der Waals surface area (Å²) in [7, 11) is -3.40. The van der Waals surface area contributed by atoms with Crippen molar-refractivity contribution >= 4 is 38.7 Å². The average Bonchev–Trinajstić information content (AvgIpc) is 2.07. The number of rotatable bonds is 3. The van der Waals surface area contributed by atoms with Crippen molar-refractivity contribution in [2.45, 2.75) is 0 Å². The number of hydrogen-bond donors (Lipinski definition) is 3. The Morgan fingerprint density at radius 3 is 2.62 bits per heavy atom. The third-order valence-corrected chi connectivity index (χ3v) is 2.24. The molecule has 16 heavy (non-hydrogen) atoms. The molecule has 1 rings (SSSR count). The van der Waals surface area contributed by atoms with Crippen LogP contribution in [0.3, 0.4) is 0 Å². The Morgan fingerprint density at radius 2 is 2.12 bits per heavy atom. The zero-order valence-electron chi connectivity index (χ0n) is 8.32. The molecule has 1 aromatic carbocycles. The van der Waals surface area contributed by atoms with Crippen molar-refractivity contribution in [2.24, 2.45) is 5.73 Å². The number of halogens is 1. The van der Waals surface area contributed by atoms with Gasteiger partial charge in [-0.3, -0.25) is 4.72 Å². The molecule has 8 heteroatoms. The molecule has 0 saturated heterocycles. The van der Waals surface area contributed by atoms with E-state index in [1.807, 2.05) is 0 Å². The van der Waals surface area contributed by atoms with Gasteiger partial charge in [-0.25, -0.2) is 12.8 Å². The predicted molar refractivity (Wildman–Crippen MR) is 65.3 cm³/mol. The second-order valence-corrected chi connectivity index (χ2v) is 5.25. The van der Waals surface area contributed by atoms with Crippen LogP contribution in [-0.4, -0.2) is 19.8 Å². The number of thiocarbonyl (C=S) groups is 1. The molecule has 0 amide bonds. The average molecular weight is 263 g/mol. The summed E-state index contributed by atoms with van der Waals surface area (Å²) < 4.78 is 37.3. The summed E-state index contributed by atoms with van der Waals surface area (Å²) in [5.74, 6) is -0.577. The standard InChI is InChI=1S/C8H10FN3O2S2/c1-16(13,14)12-5-2-3-6(9)7(4-5)11-8(10)15/h2-4,12H,1H3,(H3,10,11,15). The number of benzene rings is 1. The quantitative estimate of drug-likeness (QED) is 0.704. The highest BCUT2D eigenvalue weighted by molar-refractivity contribution is 7.92. The Balaban J connectivity index is 3.02. The van der Waals surface area contributed by atoms with Crippen molar-refractivity contribution in [3.8, 4) is 0 Å². The van der Waals surface area contributed by atoms with Crippen molar-refractivity contribution in [1.29, 1.82) is 0 Å². The predicted octanol–water partition coefficient (Wildman–Crippen LogP) is 0.853. The Morgan fingerprint density at radius 1 is 1.50 bits per heavy atom. The smallest absolute Gasteiger partial charge is 0.229 e. The van der Waals surface area contributed by atoms with Gasteiger partial charge in [-0.2, -0.15) is 0 Å². The molecule has 88 valence electrons. The zero-order valence-corrected chi connectivity index (χ0v) is 9.95. The molecule has 0 heterocycles. The lowest BCUT2D eigenvalue weighted by Crippen LogP contribution is -2.20. The largest absolute Gasteiger partial charge is 0.376 e. The van der Waals surface area contributed by atoms with Crippen LogP contribution in [0.25, 0.3) is 0 Å². The molecule has 0 aliphatic carbocycles. The van der Waals surface area contributed by atoms with Gasteiger partial charge < -0.3 is 11.1 Å². The first-order valence-electron chi connectivity index (χ1n) is 4.12. The van der Waals surface area contributed by atoms with Crippen molar-refractivity contribution in [3.05, 3.63) is 24.0 Å². The topological polar surface area (TPSA) is 84.2 Å². The number of sulfonamides is 1. The molecule has 5 nitrogen and oxygen atoms in total. The molecule has 0 fully saturated rings. The fourth-order valence-corrected chi connectivity index (χ4v) is 1.70. The Bertz CT molecular complexity index is 516. The van der Waals surface area contributed by atoms with Crippen molar-refractivity contribution < 1.29 is 12.8 Å². The molecule has 0 aliphatic heterocycles. The monoisotopic (exact) mass is 263 g/mol. The van der Waals surface area contributed by atoms with Crippen LogP contribution in [0, 0.1) is 5.82 Å². The first kappa shape index (κ1) is 12.7. The Kier molecular flexibility index (Phi) is 3.66. The molecule has 0 aliphatic rings. The fourth-order valence-electron chi connectivity index (χ4n) is 1.03. The van der Waals surface area contributed by atoms with E-state index >= 15 is 0 Å². The number of anilines is 2. The zero-order chi connectivity index (χ0) is 12.3. The van der Waals surface area contributed by atoms with Gasteiger partial charge in [-0.1, -0.05) is 0 Å². The minimum absolute atomic E-state index is 0.0150. The third kappa shape index (κ3) is 3.99. The molecular weight excluding hydrogens is 253 g/mol. The molecular formula is C8H10FN3O2S2. The van der Waals surface area contributed by atoms with Crippen molar-refractivity contribution in [3.63, 3.8) is 0 Å². The molecule has 0 bridgehead atoms. The van der Waals surface area contributed by atoms with Crippen LogP contribution in [0.1, 0.15) is 0 Å². The lowest BCUT2D eigenvalue weighted by Gasteiger charge is -2.08. The molecule has 4 N–H and O–H groups in total. The first-order valence-corrected chi connectivity index (χ1v) is 6.42. The van der Waals surface area contributed by atoms with Gasteiger partial charge in [0.05, 0.1) is 17.6 Å². The van der Waals surface area contributed by atoms with Crippen LogP contribution in [-0.2, 0) is 10.0 Å². The highest BCUT2D eigenvalue weighted by atomic mass is 32.2. The second kappa shape index (κ2) is 4.62. The first-order chi connectivity index (χ1) is 7.28. The fraction of sp³-hybridized carbons (Fsp3) is 0.125. The van der Waals surface area contributed by atoms with Gasteiger partial charge in [0.25, 0.3) is 0 Å². The molecule has 0 saturated carbocycles. The van der Waals surface area contributed by atoms with E-state index in [2.05, 4.69) is 22.3 Å². The van der Waals surface area contributed by atoms with Crippen LogP contribution in [0.5, 0.6) is 0 Å². The van der Waals surface area contributed by atoms with E-state index in [1.165, 1.54) is 12.1 Å². The molecule has 0 unspecified atom stereocenters. The Labute approximate surface area is 97.9 Å². The minimum Gasteiger partial charge on any atom is -0.376 e. The van der Waals surface area contributed by atoms with Crippen LogP contribution >= 0.6 is 12.2 Å². The van der Waals surface area contributed by atoms with E-state index < -0.39 is 15.8 Å². The highest BCUT2D eigenvalue weighted by Gasteiger charge is 2.07. The van der Waals surface area contributed by atoms with Crippen LogP contribution in [0.15, 0.2) is 18.2 Å². The molecule has 0 atom stereocenters. The summed E-state index contributed by atoms with van der Waals surface area (Å²) in [5, 5.41) is 2.30. The summed E-state index contributed by atoms with van der Waals surface area (Å²) >= 11 is 4.55. The lowest BCUT2D eigenvalue weighted by atomic mass is 10.3. The summed E-state index contributed by atoms with van der Waals surface area (Å²) in [6, 6.07) is 3.66. The van der Waals surface area contributed by atoms with E-state index in [4.69, 9.17) is 5.73 Å². The van der Waals surface area contributed by atoms with Gasteiger partial charge in [-0.05, 0) is 30.4 Å². The molecule has 0 spiro atoms. The van der Waals surface area contributed by atoms with Crippen LogP contribution < -0.4 is 15.8 Å². The van der Waals surface area contributed by atoms with Crippen LogP contribution in [0.2, 0.25) is 0 Å². The maximum atomic E-state index is 13.2. The summed E-state index contributed by atoms with van der Waals surface area (Å²) in [6.45, 7) is 0. The maximum absolute atomic E-state index is 13.2. The van der Waals surface area contributed by atoms with Crippen molar-refractivity contribution in [1.82, 2.24) is 0 Å². The summed E-state index contributed by atoms with van der Waals surface area (Å²) in [5.41, 5.74) is 5.43. The number of nitrogens with two attached hydrogens (primary N) is 1. The van der Waals surface area contributed by atoms with Gasteiger partial charge in [0.15, 0.2) is 5.11 Å². The van der Waals surface area contributed by atoms with Crippen LogP contribution in [0.4, 0.5) is 15.8 Å². The van der Waals surface area contributed by atoms with Gasteiger partial charge in [0.2, 0.25) is 10.0 Å². The van der Waals surface area contributed by atoms with Gasteiger partial charge in [0.1, 0.15) is 5.82 Å². The Hall–Kier alpha value is -1.41. The number of nitrogens with one attached hydrogen (secondary N) is 2. The lowest BCUT2D eigenvalue weighted by molar-refractivity contribution is 0.606. The SMILES string of the molecule is CS(=O)(=O)Nc1ccc(F)c(NC(N)=S)c1. The number of hydrogen-bond acceptors (Lipinski definition) is 3. The van der Waals surface area contributed by atoms with Gasteiger partial charge in [-0.15, -0.1) is 0 Å². The van der Waals surface area contributed by atoms with E-state index in [0.29, 0.717) is 0 Å². The van der Waals surface area contributed by atoms with E-state index in [-0.39, 0.29) is 16.5 Å². The summed E-state index contributed by atoms with van der Waals surface area (Å²) in [6.07, 6.45) is 0.997. The highest BCUT2D eigenvalue weighted by Crippen LogP contribution is 2.20. The van der Waals surface area contributed by atoms with Gasteiger partial charge >= 0.3 is 0 Å². The van der Waals surface area contributed by atoms with Gasteiger partial charge in [0, 0.05) is 0 Å². The maximum Gasteiger partial charge on any atom is 0.229 e. The van der Waals surface area contributed by atoms with E-state index in [0.717, 1.165) is 12.3 Å².